The lowest BCUT2D eigenvalue weighted by Gasteiger charge is -2.10. The molecule has 0 atom stereocenters. The summed E-state index contributed by atoms with van der Waals surface area (Å²) < 4.78 is 1.08. The van der Waals surface area contributed by atoms with Gasteiger partial charge in [0.05, 0.1) is 6.07 Å². The Morgan fingerprint density at radius 3 is 2.18 bits per heavy atom. The zero-order valence-corrected chi connectivity index (χ0v) is 12.0. The summed E-state index contributed by atoms with van der Waals surface area (Å²) in [6.45, 7) is 4.27. The molecule has 2 heteroatoms. The molecule has 0 unspecified atom stereocenters. The van der Waals surface area contributed by atoms with Crippen LogP contribution in [0.4, 0.5) is 0 Å². The zero-order chi connectivity index (χ0) is 12.7. The summed E-state index contributed by atoms with van der Waals surface area (Å²) in [5.74, 6) is 0. The van der Waals surface area contributed by atoms with Gasteiger partial charge >= 0.3 is 0 Å². The van der Waals surface area contributed by atoms with Crippen molar-refractivity contribution in [2.75, 3.05) is 0 Å². The first-order chi connectivity index (χ1) is 8.22. The van der Waals surface area contributed by atoms with Crippen molar-refractivity contribution < 1.29 is 0 Å². The Bertz CT molecular complexity index is 423. The maximum Gasteiger partial charge on any atom is 0.0950 e. The summed E-state index contributed by atoms with van der Waals surface area (Å²) in [6, 6.07) is 10.6. The van der Waals surface area contributed by atoms with Gasteiger partial charge in [0.25, 0.3) is 0 Å². The number of hydrogen-bond donors (Lipinski definition) is 0. The van der Waals surface area contributed by atoms with Gasteiger partial charge in [-0.05, 0) is 36.1 Å². The number of halogens is 1. The lowest BCUT2D eigenvalue weighted by molar-refractivity contribution is 0.908. The minimum absolute atomic E-state index is 0.877. The zero-order valence-electron chi connectivity index (χ0n) is 10.5. The maximum atomic E-state index is 9.25. The van der Waals surface area contributed by atoms with E-state index in [9.17, 15) is 5.26 Å². The Balaban J connectivity index is 3.16. The van der Waals surface area contributed by atoms with Crippen LogP contribution in [-0.2, 0) is 0 Å². The van der Waals surface area contributed by atoms with Crippen LogP contribution >= 0.6 is 15.9 Å². The van der Waals surface area contributed by atoms with Crippen LogP contribution in [0.2, 0.25) is 0 Å². The van der Waals surface area contributed by atoms with Crippen LogP contribution in [0, 0.1) is 11.3 Å². The average molecular weight is 292 g/mol. The van der Waals surface area contributed by atoms with Crippen molar-refractivity contribution in [1.82, 2.24) is 0 Å². The van der Waals surface area contributed by atoms with Crippen molar-refractivity contribution in [2.24, 2.45) is 0 Å². The molecule has 1 aromatic rings. The second-order valence-electron chi connectivity index (χ2n) is 4.08. The smallest absolute Gasteiger partial charge is 0.0950 e. The molecule has 0 aliphatic heterocycles. The number of benzene rings is 1. The lowest BCUT2D eigenvalue weighted by atomic mass is 9.94. The molecule has 0 saturated heterocycles. The van der Waals surface area contributed by atoms with Crippen LogP contribution < -0.4 is 0 Å². The molecule has 0 radical (unpaired) electrons. The Morgan fingerprint density at radius 2 is 1.71 bits per heavy atom. The highest BCUT2D eigenvalue weighted by Crippen LogP contribution is 2.27. The SMILES string of the molecule is CCC/C(C#N)=C(\CCC)c1ccc(Br)cc1. The van der Waals surface area contributed by atoms with Crippen LogP contribution in [0.3, 0.4) is 0 Å². The molecule has 0 aromatic heterocycles. The van der Waals surface area contributed by atoms with Gasteiger partial charge in [0, 0.05) is 10.0 Å². The van der Waals surface area contributed by atoms with Gasteiger partial charge in [-0.15, -0.1) is 0 Å². The summed E-state index contributed by atoms with van der Waals surface area (Å²) in [6.07, 6.45) is 3.94. The van der Waals surface area contributed by atoms with Crippen LogP contribution in [0.5, 0.6) is 0 Å². The third-order valence-corrected chi connectivity index (χ3v) is 3.22. The highest BCUT2D eigenvalue weighted by Gasteiger charge is 2.08. The third kappa shape index (κ3) is 4.02. The standard InChI is InChI=1S/C15H18BrN/c1-3-5-13(11-17)15(6-4-2)12-7-9-14(16)10-8-12/h7-10H,3-6H2,1-2H3/b15-13-. The van der Waals surface area contributed by atoms with E-state index in [0.29, 0.717) is 0 Å². The van der Waals surface area contributed by atoms with Crippen LogP contribution in [0.15, 0.2) is 34.3 Å². The van der Waals surface area contributed by atoms with E-state index in [0.717, 1.165) is 35.7 Å². The summed E-state index contributed by atoms with van der Waals surface area (Å²) in [5, 5.41) is 9.25. The maximum absolute atomic E-state index is 9.25. The molecule has 0 N–H and O–H groups in total. The number of nitriles is 1. The average Bonchev–Trinajstić information content (AvgIpc) is 2.35. The number of allylic oxidation sites excluding steroid dienone is 2. The quantitative estimate of drug-likeness (QED) is 0.673. The highest BCUT2D eigenvalue weighted by atomic mass is 79.9. The van der Waals surface area contributed by atoms with Gasteiger partial charge in [0.1, 0.15) is 0 Å². The summed E-state index contributed by atoms with van der Waals surface area (Å²) in [7, 11) is 0. The highest BCUT2D eigenvalue weighted by molar-refractivity contribution is 9.10. The van der Waals surface area contributed by atoms with Gasteiger partial charge in [-0.2, -0.15) is 5.26 Å². The number of rotatable bonds is 5. The second kappa shape index (κ2) is 7.29. The van der Waals surface area contributed by atoms with E-state index < -0.39 is 0 Å². The van der Waals surface area contributed by atoms with Gasteiger partial charge in [0.15, 0.2) is 0 Å². The van der Waals surface area contributed by atoms with Gasteiger partial charge in [-0.1, -0.05) is 54.8 Å². The minimum Gasteiger partial charge on any atom is -0.193 e. The van der Waals surface area contributed by atoms with Gasteiger partial charge in [0.2, 0.25) is 0 Å². The Labute approximate surface area is 112 Å². The number of hydrogen-bond acceptors (Lipinski definition) is 1. The first-order valence-electron chi connectivity index (χ1n) is 6.11. The first kappa shape index (κ1) is 14.0. The summed E-state index contributed by atoms with van der Waals surface area (Å²) in [5.41, 5.74) is 3.33. The fraction of sp³-hybridized carbons (Fsp3) is 0.400. The van der Waals surface area contributed by atoms with E-state index in [-0.39, 0.29) is 0 Å². The van der Waals surface area contributed by atoms with Crippen molar-refractivity contribution >= 4 is 21.5 Å². The first-order valence-corrected chi connectivity index (χ1v) is 6.90. The van der Waals surface area contributed by atoms with Crippen LogP contribution in [0.1, 0.15) is 45.1 Å². The topological polar surface area (TPSA) is 23.8 Å². The third-order valence-electron chi connectivity index (χ3n) is 2.69. The van der Waals surface area contributed by atoms with E-state index >= 15 is 0 Å². The van der Waals surface area contributed by atoms with Gasteiger partial charge < -0.3 is 0 Å². The fourth-order valence-electron chi connectivity index (χ4n) is 1.89. The van der Waals surface area contributed by atoms with E-state index in [1.54, 1.807) is 0 Å². The monoisotopic (exact) mass is 291 g/mol. The van der Waals surface area contributed by atoms with Crippen molar-refractivity contribution in [3.05, 3.63) is 39.9 Å². The van der Waals surface area contributed by atoms with E-state index in [1.807, 2.05) is 12.1 Å². The molecule has 17 heavy (non-hydrogen) atoms. The molecule has 1 aromatic carbocycles. The molecule has 0 aliphatic rings. The predicted molar refractivity (Wildman–Crippen MR) is 76.5 cm³/mol. The molecule has 0 bridgehead atoms. The molecule has 1 rings (SSSR count). The Kier molecular flexibility index (Phi) is 6.00. The molecular weight excluding hydrogens is 274 g/mol. The predicted octanol–water partition coefficient (Wildman–Crippen LogP) is 5.33. The van der Waals surface area contributed by atoms with E-state index in [4.69, 9.17) is 0 Å². The second-order valence-corrected chi connectivity index (χ2v) is 4.99. The molecule has 0 saturated carbocycles. The normalized spacial score (nSPS) is 11.9. The van der Waals surface area contributed by atoms with Gasteiger partial charge in [-0.3, -0.25) is 0 Å². The summed E-state index contributed by atoms with van der Waals surface area (Å²) >= 11 is 3.44. The Morgan fingerprint density at radius 1 is 1.12 bits per heavy atom. The van der Waals surface area contributed by atoms with Crippen LogP contribution in [0.25, 0.3) is 5.57 Å². The summed E-state index contributed by atoms with van der Waals surface area (Å²) in [4.78, 5) is 0. The number of nitrogens with zero attached hydrogens (tertiary/aromatic N) is 1. The largest absolute Gasteiger partial charge is 0.193 e. The van der Waals surface area contributed by atoms with Crippen LogP contribution in [-0.4, -0.2) is 0 Å². The molecule has 1 nitrogen and oxygen atoms in total. The molecule has 0 fully saturated rings. The van der Waals surface area contributed by atoms with Crippen molar-refractivity contribution in [3.8, 4) is 6.07 Å². The van der Waals surface area contributed by atoms with Crippen molar-refractivity contribution in [2.45, 2.75) is 39.5 Å². The Hall–Kier alpha value is -1.07. The molecule has 0 spiro atoms. The molecule has 0 heterocycles. The lowest BCUT2D eigenvalue weighted by Crippen LogP contribution is -1.91. The van der Waals surface area contributed by atoms with Crippen molar-refractivity contribution in [3.63, 3.8) is 0 Å². The minimum atomic E-state index is 0.877. The van der Waals surface area contributed by atoms with Gasteiger partial charge in [-0.25, -0.2) is 0 Å². The molecule has 0 aliphatic carbocycles. The fourth-order valence-corrected chi connectivity index (χ4v) is 2.16. The van der Waals surface area contributed by atoms with E-state index in [1.165, 1.54) is 11.1 Å². The van der Waals surface area contributed by atoms with E-state index in [2.05, 4.69) is 48.0 Å². The molecule has 90 valence electrons. The molecule has 0 amide bonds. The molecular formula is C15H18BrN. The van der Waals surface area contributed by atoms with Crippen molar-refractivity contribution in [1.29, 1.82) is 5.26 Å².